The highest BCUT2D eigenvalue weighted by molar-refractivity contribution is 9.10. The lowest BCUT2D eigenvalue weighted by atomic mass is 9.96. The van der Waals surface area contributed by atoms with E-state index in [1.54, 1.807) is 24.1 Å². The third-order valence-corrected chi connectivity index (χ3v) is 5.88. The van der Waals surface area contributed by atoms with Gasteiger partial charge >= 0.3 is 0 Å². The number of aryl methyl sites for hydroxylation is 2. The largest absolute Gasteiger partial charge is 0.465 e. The minimum absolute atomic E-state index is 0.106. The number of nitrogens with zero attached hydrogens (tertiary/aromatic N) is 2. The van der Waals surface area contributed by atoms with Crippen LogP contribution < -0.4 is 5.32 Å². The number of carbonyl (C=O) groups is 2. The van der Waals surface area contributed by atoms with Gasteiger partial charge in [-0.3, -0.25) is 9.59 Å². The van der Waals surface area contributed by atoms with E-state index >= 15 is 0 Å². The predicted molar refractivity (Wildman–Crippen MR) is 105 cm³/mol. The number of likely N-dealkylation sites (tertiary alicyclic amines) is 1. The van der Waals surface area contributed by atoms with Crippen LogP contribution in [0.4, 0.5) is 5.82 Å². The van der Waals surface area contributed by atoms with Gasteiger partial charge in [-0.2, -0.15) is 0 Å². The number of halogens is 2. The molecule has 1 saturated heterocycles. The first kappa shape index (κ1) is 19.1. The van der Waals surface area contributed by atoms with E-state index in [1.165, 1.54) is 0 Å². The molecule has 1 aliphatic rings. The number of pyridine rings is 1. The van der Waals surface area contributed by atoms with Crippen molar-refractivity contribution in [2.24, 2.45) is 5.92 Å². The number of nitrogens with one attached hydrogen (secondary N) is 1. The Hall–Kier alpha value is -1.67. The number of aromatic nitrogens is 1. The van der Waals surface area contributed by atoms with Gasteiger partial charge in [-0.25, -0.2) is 4.98 Å². The number of hydrogen-bond donors (Lipinski definition) is 1. The van der Waals surface area contributed by atoms with Gasteiger partial charge in [0.25, 0.3) is 5.91 Å². The molecule has 1 N–H and O–H groups in total. The van der Waals surface area contributed by atoms with E-state index in [2.05, 4.69) is 42.2 Å². The monoisotopic (exact) mass is 483 g/mol. The van der Waals surface area contributed by atoms with Crippen molar-refractivity contribution in [1.82, 2.24) is 9.88 Å². The quantitative estimate of drug-likeness (QED) is 0.704. The molecule has 26 heavy (non-hydrogen) atoms. The molecule has 6 nitrogen and oxygen atoms in total. The van der Waals surface area contributed by atoms with Gasteiger partial charge in [-0.05, 0) is 70.7 Å². The maximum absolute atomic E-state index is 12.9. The summed E-state index contributed by atoms with van der Waals surface area (Å²) in [6.07, 6.45) is 3.16. The molecule has 1 atom stereocenters. The molecule has 0 bridgehead atoms. The number of piperidine rings is 1. The summed E-state index contributed by atoms with van der Waals surface area (Å²) in [6, 6.07) is 3.56. The van der Waals surface area contributed by atoms with E-state index in [-0.39, 0.29) is 17.7 Å². The summed E-state index contributed by atoms with van der Waals surface area (Å²) in [7, 11) is 0. The van der Waals surface area contributed by atoms with Crippen LogP contribution >= 0.6 is 31.9 Å². The van der Waals surface area contributed by atoms with Crippen LogP contribution in [0.25, 0.3) is 0 Å². The average Bonchev–Trinajstić information content (AvgIpc) is 2.88. The van der Waals surface area contributed by atoms with Gasteiger partial charge in [-0.15, -0.1) is 0 Å². The van der Waals surface area contributed by atoms with E-state index < -0.39 is 0 Å². The van der Waals surface area contributed by atoms with Crippen LogP contribution in [0.15, 0.2) is 31.7 Å². The van der Waals surface area contributed by atoms with Crippen LogP contribution in [0.2, 0.25) is 0 Å². The van der Waals surface area contributed by atoms with Crippen LogP contribution in [0, 0.1) is 19.8 Å². The second kappa shape index (κ2) is 7.92. The summed E-state index contributed by atoms with van der Waals surface area (Å²) in [5, 5.41) is 2.83. The topological polar surface area (TPSA) is 75.4 Å². The zero-order chi connectivity index (χ0) is 18.8. The fraction of sp³-hybridized carbons (Fsp3) is 0.389. The maximum Gasteiger partial charge on any atom is 0.258 e. The van der Waals surface area contributed by atoms with Crippen molar-refractivity contribution in [3.63, 3.8) is 0 Å². The Bertz CT molecular complexity index is 833. The van der Waals surface area contributed by atoms with Crippen molar-refractivity contribution in [3.05, 3.63) is 44.4 Å². The Morgan fingerprint density at radius 1 is 1.27 bits per heavy atom. The summed E-state index contributed by atoms with van der Waals surface area (Å²) < 4.78 is 7.07. The molecule has 0 aliphatic carbocycles. The first-order valence-corrected chi connectivity index (χ1v) is 9.92. The lowest BCUT2D eigenvalue weighted by molar-refractivity contribution is -0.121. The minimum atomic E-state index is -0.259. The van der Waals surface area contributed by atoms with Crippen LogP contribution in [0.5, 0.6) is 0 Å². The second-order valence-corrected chi connectivity index (χ2v) is 8.05. The molecule has 3 rings (SSSR count). The molecule has 0 aromatic carbocycles. The second-order valence-electron chi connectivity index (χ2n) is 6.34. The van der Waals surface area contributed by atoms with Gasteiger partial charge in [-0.1, -0.05) is 0 Å². The number of amides is 2. The molecule has 0 radical (unpaired) electrons. The molecule has 1 aliphatic heterocycles. The Kier molecular flexibility index (Phi) is 5.82. The van der Waals surface area contributed by atoms with E-state index in [1.807, 2.05) is 13.0 Å². The average molecular weight is 485 g/mol. The molecular weight excluding hydrogens is 466 g/mol. The Morgan fingerprint density at radius 2 is 2.04 bits per heavy atom. The molecule has 0 saturated carbocycles. The smallest absolute Gasteiger partial charge is 0.258 e. The first-order chi connectivity index (χ1) is 12.4. The molecule has 0 spiro atoms. The fourth-order valence-electron chi connectivity index (χ4n) is 3.11. The normalized spacial score (nSPS) is 17.2. The molecule has 1 fully saturated rings. The van der Waals surface area contributed by atoms with Gasteiger partial charge in [0.15, 0.2) is 0 Å². The summed E-state index contributed by atoms with van der Waals surface area (Å²) >= 11 is 6.75. The molecule has 3 heterocycles. The van der Waals surface area contributed by atoms with E-state index in [0.717, 1.165) is 17.3 Å². The highest BCUT2D eigenvalue weighted by atomic mass is 79.9. The predicted octanol–water partition coefficient (Wildman–Crippen LogP) is 4.31. The standard InChI is InChI=1S/C18H19Br2N3O3/c1-10-15(16(20)11(2)26-10)18(25)23-7-3-4-12(9-23)17(24)22-14-6-5-13(19)8-21-14/h5-6,8,12H,3-4,7,9H2,1-2H3,(H,21,22,24). The number of hydrogen-bond acceptors (Lipinski definition) is 4. The van der Waals surface area contributed by atoms with Crippen molar-refractivity contribution in [1.29, 1.82) is 0 Å². The van der Waals surface area contributed by atoms with Crippen LogP contribution in [-0.4, -0.2) is 34.8 Å². The molecule has 138 valence electrons. The molecule has 2 aromatic heterocycles. The summed E-state index contributed by atoms with van der Waals surface area (Å²) in [6.45, 7) is 4.61. The molecule has 2 aromatic rings. The highest BCUT2D eigenvalue weighted by Crippen LogP contribution is 2.30. The Labute approximate surface area is 168 Å². The Morgan fingerprint density at radius 3 is 2.65 bits per heavy atom. The maximum atomic E-state index is 12.9. The number of carbonyl (C=O) groups excluding carboxylic acids is 2. The number of rotatable bonds is 3. The van der Waals surface area contributed by atoms with Crippen molar-refractivity contribution in [3.8, 4) is 0 Å². The third kappa shape index (κ3) is 4.01. The molecular formula is C18H19Br2N3O3. The molecule has 2 amide bonds. The van der Waals surface area contributed by atoms with Gasteiger partial charge in [0, 0.05) is 23.8 Å². The van der Waals surface area contributed by atoms with E-state index in [0.29, 0.717) is 40.5 Å². The molecule has 1 unspecified atom stereocenters. The van der Waals surface area contributed by atoms with Crippen molar-refractivity contribution >= 4 is 49.5 Å². The van der Waals surface area contributed by atoms with Gasteiger partial charge in [0.1, 0.15) is 17.3 Å². The zero-order valence-electron chi connectivity index (χ0n) is 14.5. The summed E-state index contributed by atoms with van der Waals surface area (Å²) in [5.74, 6) is 1.29. The molecule has 8 heteroatoms. The van der Waals surface area contributed by atoms with E-state index in [4.69, 9.17) is 4.42 Å². The van der Waals surface area contributed by atoms with Gasteiger partial charge in [0.05, 0.1) is 16.0 Å². The minimum Gasteiger partial charge on any atom is -0.465 e. The van der Waals surface area contributed by atoms with Crippen molar-refractivity contribution in [2.45, 2.75) is 26.7 Å². The Balaban J connectivity index is 1.69. The SMILES string of the molecule is Cc1oc(C)c(C(=O)N2CCCC(C(=O)Nc3ccc(Br)cn3)C2)c1Br. The fourth-order valence-corrected chi connectivity index (χ4v) is 3.88. The van der Waals surface area contributed by atoms with Crippen molar-refractivity contribution in [2.75, 3.05) is 18.4 Å². The van der Waals surface area contributed by atoms with Crippen LogP contribution in [0.3, 0.4) is 0 Å². The van der Waals surface area contributed by atoms with Gasteiger partial charge in [0.2, 0.25) is 5.91 Å². The first-order valence-electron chi connectivity index (χ1n) is 8.34. The summed E-state index contributed by atoms with van der Waals surface area (Å²) in [5.41, 5.74) is 0.540. The zero-order valence-corrected chi connectivity index (χ0v) is 17.7. The highest BCUT2D eigenvalue weighted by Gasteiger charge is 2.31. The number of anilines is 1. The lowest BCUT2D eigenvalue weighted by Gasteiger charge is -2.32. The van der Waals surface area contributed by atoms with E-state index in [9.17, 15) is 9.59 Å². The van der Waals surface area contributed by atoms with Crippen molar-refractivity contribution < 1.29 is 14.0 Å². The number of furan rings is 1. The van der Waals surface area contributed by atoms with Crippen LogP contribution in [-0.2, 0) is 4.79 Å². The van der Waals surface area contributed by atoms with Gasteiger partial charge < -0.3 is 14.6 Å². The third-order valence-electron chi connectivity index (χ3n) is 4.46. The lowest BCUT2D eigenvalue weighted by Crippen LogP contribution is -2.44. The van der Waals surface area contributed by atoms with Crippen LogP contribution in [0.1, 0.15) is 34.7 Å². The summed E-state index contributed by atoms with van der Waals surface area (Å²) in [4.78, 5) is 31.4.